The molecule has 2 fully saturated rings. The van der Waals surface area contributed by atoms with Gasteiger partial charge in [0.25, 0.3) is 0 Å². The highest BCUT2D eigenvalue weighted by Gasteiger charge is 2.36. The lowest BCUT2D eigenvalue weighted by atomic mass is 10.1. The van der Waals surface area contributed by atoms with E-state index in [-0.39, 0.29) is 0 Å². The first-order chi connectivity index (χ1) is 6.35. The molecule has 0 bridgehead atoms. The maximum atomic E-state index is 5.84. The molecule has 0 aromatic rings. The first kappa shape index (κ1) is 9.47. The van der Waals surface area contributed by atoms with Crippen LogP contribution in [0.5, 0.6) is 0 Å². The van der Waals surface area contributed by atoms with Gasteiger partial charge < -0.3 is 5.73 Å². The van der Waals surface area contributed by atoms with Gasteiger partial charge in [-0.25, -0.2) is 0 Å². The quantitative estimate of drug-likeness (QED) is 0.713. The van der Waals surface area contributed by atoms with E-state index in [1.807, 2.05) is 0 Å². The van der Waals surface area contributed by atoms with E-state index in [1.54, 1.807) is 0 Å². The fourth-order valence-corrected chi connectivity index (χ4v) is 2.62. The van der Waals surface area contributed by atoms with Gasteiger partial charge in [0.05, 0.1) is 0 Å². The Kier molecular flexibility index (Phi) is 2.89. The predicted octanol–water partition coefficient (Wildman–Crippen LogP) is 1.46. The molecule has 2 aliphatic rings. The van der Waals surface area contributed by atoms with E-state index in [0.29, 0.717) is 0 Å². The summed E-state index contributed by atoms with van der Waals surface area (Å²) in [4.78, 5) is 2.64. The molecule has 1 saturated heterocycles. The van der Waals surface area contributed by atoms with Crippen molar-refractivity contribution in [3.05, 3.63) is 0 Å². The zero-order valence-electron chi connectivity index (χ0n) is 8.71. The van der Waals surface area contributed by atoms with Gasteiger partial charge in [-0.3, -0.25) is 4.90 Å². The monoisotopic (exact) mass is 182 g/mol. The SMILES string of the molecule is CCC1CCN(C(CN)C2CC2)C1. The molecule has 1 saturated carbocycles. The van der Waals surface area contributed by atoms with Crippen molar-refractivity contribution in [1.29, 1.82) is 0 Å². The molecule has 76 valence electrons. The molecule has 13 heavy (non-hydrogen) atoms. The zero-order valence-corrected chi connectivity index (χ0v) is 8.71. The lowest BCUT2D eigenvalue weighted by Gasteiger charge is -2.26. The largest absolute Gasteiger partial charge is 0.329 e. The van der Waals surface area contributed by atoms with Crippen molar-refractivity contribution in [2.24, 2.45) is 17.6 Å². The topological polar surface area (TPSA) is 29.3 Å². The molecule has 0 aromatic carbocycles. The molecule has 2 heteroatoms. The fraction of sp³-hybridized carbons (Fsp3) is 1.00. The standard InChI is InChI=1S/C11H22N2/c1-2-9-5-6-13(8-9)11(7-12)10-3-4-10/h9-11H,2-8,12H2,1H3. The third-order valence-corrected chi connectivity index (χ3v) is 3.77. The van der Waals surface area contributed by atoms with E-state index < -0.39 is 0 Å². The Bertz CT molecular complexity index is 165. The van der Waals surface area contributed by atoms with Crippen LogP contribution in [-0.2, 0) is 0 Å². The average Bonchev–Trinajstić information content (AvgIpc) is 2.85. The van der Waals surface area contributed by atoms with Crippen LogP contribution in [0, 0.1) is 11.8 Å². The summed E-state index contributed by atoms with van der Waals surface area (Å²) in [5.41, 5.74) is 5.84. The van der Waals surface area contributed by atoms with Gasteiger partial charge in [0.2, 0.25) is 0 Å². The average molecular weight is 182 g/mol. The highest BCUT2D eigenvalue weighted by molar-refractivity contribution is 4.91. The van der Waals surface area contributed by atoms with Crippen LogP contribution in [0.3, 0.4) is 0 Å². The first-order valence-electron chi connectivity index (χ1n) is 5.79. The minimum atomic E-state index is 0.719. The van der Waals surface area contributed by atoms with Gasteiger partial charge >= 0.3 is 0 Å². The molecule has 0 aromatic heterocycles. The van der Waals surface area contributed by atoms with Crippen molar-refractivity contribution in [3.8, 4) is 0 Å². The molecule has 0 radical (unpaired) electrons. The van der Waals surface area contributed by atoms with Crippen LogP contribution in [-0.4, -0.2) is 30.6 Å². The highest BCUT2D eigenvalue weighted by atomic mass is 15.2. The molecule has 1 heterocycles. The van der Waals surface area contributed by atoms with Gasteiger partial charge in [-0.2, -0.15) is 0 Å². The van der Waals surface area contributed by atoms with Crippen LogP contribution >= 0.6 is 0 Å². The summed E-state index contributed by atoms with van der Waals surface area (Å²) in [7, 11) is 0. The maximum Gasteiger partial charge on any atom is 0.0246 e. The lowest BCUT2D eigenvalue weighted by Crippen LogP contribution is -2.40. The van der Waals surface area contributed by atoms with Crippen LogP contribution in [0.2, 0.25) is 0 Å². The Morgan fingerprint density at radius 1 is 1.38 bits per heavy atom. The summed E-state index contributed by atoms with van der Waals surface area (Å²) in [6.45, 7) is 5.80. The smallest absolute Gasteiger partial charge is 0.0246 e. The van der Waals surface area contributed by atoms with Crippen LogP contribution in [0.25, 0.3) is 0 Å². The molecule has 2 rings (SSSR count). The number of nitrogens with zero attached hydrogens (tertiary/aromatic N) is 1. The van der Waals surface area contributed by atoms with E-state index in [4.69, 9.17) is 5.73 Å². The zero-order chi connectivity index (χ0) is 9.26. The molecule has 2 atom stereocenters. The molecular formula is C11H22N2. The Labute approximate surface area is 81.5 Å². The van der Waals surface area contributed by atoms with Crippen molar-refractivity contribution in [1.82, 2.24) is 4.90 Å². The molecule has 1 aliphatic heterocycles. The van der Waals surface area contributed by atoms with E-state index in [1.165, 1.54) is 38.8 Å². The second-order valence-corrected chi connectivity index (χ2v) is 4.70. The fourth-order valence-electron chi connectivity index (χ4n) is 2.62. The molecule has 0 spiro atoms. The Morgan fingerprint density at radius 2 is 2.15 bits per heavy atom. The normalized spacial score (nSPS) is 32.3. The third kappa shape index (κ3) is 2.05. The maximum absolute atomic E-state index is 5.84. The number of hydrogen-bond donors (Lipinski definition) is 1. The van der Waals surface area contributed by atoms with Crippen molar-refractivity contribution < 1.29 is 0 Å². The highest BCUT2D eigenvalue weighted by Crippen LogP contribution is 2.37. The van der Waals surface area contributed by atoms with Crippen LogP contribution in [0.1, 0.15) is 32.6 Å². The summed E-state index contributed by atoms with van der Waals surface area (Å²) in [6.07, 6.45) is 5.60. The summed E-state index contributed by atoms with van der Waals surface area (Å²) in [5.74, 6) is 1.90. The second kappa shape index (κ2) is 3.97. The van der Waals surface area contributed by atoms with Gasteiger partial charge in [-0.05, 0) is 37.6 Å². The van der Waals surface area contributed by atoms with E-state index in [0.717, 1.165) is 24.4 Å². The molecule has 1 aliphatic carbocycles. The van der Waals surface area contributed by atoms with Gasteiger partial charge in [0.1, 0.15) is 0 Å². The Balaban J connectivity index is 1.85. The summed E-state index contributed by atoms with van der Waals surface area (Å²) >= 11 is 0. The minimum Gasteiger partial charge on any atom is -0.329 e. The van der Waals surface area contributed by atoms with Crippen molar-refractivity contribution >= 4 is 0 Å². The van der Waals surface area contributed by atoms with Gasteiger partial charge in [-0.1, -0.05) is 13.3 Å². The number of hydrogen-bond acceptors (Lipinski definition) is 2. The molecule has 2 nitrogen and oxygen atoms in total. The van der Waals surface area contributed by atoms with Crippen LogP contribution in [0.15, 0.2) is 0 Å². The van der Waals surface area contributed by atoms with E-state index in [9.17, 15) is 0 Å². The molecular weight excluding hydrogens is 160 g/mol. The predicted molar refractivity (Wildman–Crippen MR) is 55.5 cm³/mol. The van der Waals surface area contributed by atoms with Crippen LogP contribution in [0.4, 0.5) is 0 Å². The molecule has 0 amide bonds. The van der Waals surface area contributed by atoms with Crippen LogP contribution < -0.4 is 5.73 Å². The van der Waals surface area contributed by atoms with E-state index in [2.05, 4.69) is 11.8 Å². The van der Waals surface area contributed by atoms with Gasteiger partial charge in [0, 0.05) is 19.1 Å². The van der Waals surface area contributed by atoms with Gasteiger partial charge in [0.15, 0.2) is 0 Å². The number of nitrogens with two attached hydrogens (primary N) is 1. The summed E-state index contributed by atoms with van der Waals surface area (Å²) < 4.78 is 0. The summed E-state index contributed by atoms with van der Waals surface area (Å²) in [6, 6.07) is 0.719. The third-order valence-electron chi connectivity index (χ3n) is 3.77. The van der Waals surface area contributed by atoms with Crippen molar-refractivity contribution in [2.75, 3.05) is 19.6 Å². The first-order valence-corrected chi connectivity index (χ1v) is 5.79. The lowest BCUT2D eigenvalue weighted by molar-refractivity contribution is 0.215. The Hall–Kier alpha value is -0.0800. The number of likely N-dealkylation sites (tertiary alicyclic amines) is 1. The second-order valence-electron chi connectivity index (χ2n) is 4.70. The van der Waals surface area contributed by atoms with Crippen molar-refractivity contribution in [3.63, 3.8) is 0 Å². The molecule has 2 unspecified atom stereocenters. The minimum absolute atomic E-state index is 0.719. The van der Waals surface area contributed by atoms with E-state index >= 15 is 0 Å². The Morgan fingerprint density at radius 3 is 2.62 bits per heavy atom. The number of rotatable bonds is 4. The van der Waals surface area contributed by atoms with Gasteiger partial charge in [-0.15, -0.1) is 0 Å². The molecule has 2 N–H and O–H groups in total. The summed E-state index contributed by atoms with van der Waals surface area (Å²) in [5, 5.41) is 0. The van der Waals surface area contributed by atoms with Crippen molar-refractivity contribution in [2.45, 2.75) is 38.6 Å².